The molecule has 0 bridgehead atoms. The van der Waals surface area contributed by atoms with Gasteiger partial charge >= 0.3 is 5.97 Å². The zero-order chi connectivity index (χ0) is 18.5. The normalized spacial score (nSPS) is 37.4. The van der Waals surface area contributed by atoms with E-state index in [1.54, 1.807) is 6.92 Å². The summed E-state index contributed by atoms with van der Waals surface area (Å²) in [5, 5.41) is 0. The van der Waals surface area contributed by atoms with Crippen LogP contribution in [-0.2, 0) is 14.3 Å². The van der Waals surface area contributed by atoms with Crippen LogP contribution < -0.4 is 0 Å². The molecule has 0 aromatic heterocycles. The minimum atomic E-state index is -0.0735. The highest BCUT2D eigenvalue weighted by Crippen LogP contribution is 2.52. The lowest BCUT2D eigenvalue weighted by molar-refractivity contribution is -0.146. The van der Waals surface area contributed by atoms with Crippen molar-refractivity contribution in [1.82, 2.24) is 9.80 Å². The highest BCUT2D eigenvalue weighted by Gasteiger charge is 2.51. The molecule has 0 N–H and O–H groups in total. The lowest BCUT2D eigenvalue weighted by atomic mass is 9.62. The maximum absolute atomic E-state index is 12.6. The molecule has 142 valence electrons. The predicted octanol–water partition coefficient (Wildman–Crippen LogP) is 2.38. The zero-order valence-corrected chi connectivity index (χ0v) is 16.2. The molecule has 1 amide bonds. The molecule has 0 aromatic rings. The summed E-state index contributed by atoms with van der Waals surface area (Å²) in [5.41, 5.74) is 2.97. The molecule has 0 saturated carbocycles. The van der Waals surface area contributed by atoms with Crippen LogP contribution in [0.2, 0.25) is 0 Å². The Morgan fingerprint density at radius 1 is 1.31 bits per heavy atom. The highest BCUT2D eigenvalue weighted by atomic mass is 16.6. The van der Waals surface area contributed by atoms with Crippen molar-refractivity contribution in [2.75, 3.05) is 32.7 Å². The quantitative estimate of drug-likeness (QED) is 0.711. The molecule has 2 aliphatic heterocycles. The van der Waals surface area contributed by atoms with Crippen molar-refractivity contribution in [1.29, 1.82) is 0 Å². The Morgan fingerprint density at radius 3 is 2.73 bits per heavy atom. The van der Waals surface area contributed by atoms with Crippen LogP contribution in [0.4, 0.5) is 0 Å². The third kappa shape index (κ3) is 3.00. The number of ether oxygens (including phenoxy) is 1. The summed E-state index contributed by atoms with van der Waals surface area (Å²) in [4.78, 5) is 28.3. The number of rotatable bonds is 2. The number of amides is 1. The van der Waals surface area contributed by atoms with Gasteiger partial charge in [-0.2, -0.15) is 0 Å². The van der Waals surface area contributed by atoms with Gasteiger partial charge in [-0.1, -0.05) is 24.6 Å². The van der Waals surface area contributed by atoms with Crippen LogP contribution in [0, 0.1) is 17.3 Å². The Bertz CT molecular complexity index is 675. The van der Waals surface area contributed by atoms with E-state index < -0.39 is 0 Å². The van der Waals surface area contributed by atoms with Gasteiger partial charge in [-0.05, 0) is 37.2 Å². The molecule has 5 nitrogen and oxygen atoms in total. The summed E-state index contributed by atoms with van der Waals surface area (Å²) >= 11 is 0. The van der Waals surface area contributed by atoms with Gasteiger partial charge < -0.3 is 9.64 Å². The number of hydrogen-bond donors (Lipinski definition) is 0. The second-order valence-electron chi connectivity index (χ2n) is 8.74. The van der Waals surface area contributed by atoms with Crippen molar-refractivity contribution in [2.45, 2.75) is 46.1 Å². The van der Waals surface area contributed by atoms with E-state index in [-0.39, 0.29) is 35.2 Å². The largest absolute Gasteiger partial charge is 0.461 e. The maximum Gasteiger partial charge on any atom is 0.311 e. The molecule has 4 unspecified atom stereocenters. The summed E-state index contributed by atoms with van der Waals surface area (Å²) < 4.78 is 5.83. The second kappa shape index (κ2) is 6.52. The van der Waals surface area contributed by atoms with Crippen molar-refractivity contribution >= 4 is 11.9 Å². The molecule has 4 atom stereocenters. The third-order valence-electron chi connectivity index (χ3n) is 6.97. The van der Waals surface area contributed by atoms with Crippen molar-refractivity contribution in [3.63, 3.8) is 0 Å². The first-order valence-electron chi connectivity index (χ1n) is 9.95. The standard InChI is InChI=1S/C21H30N2O3/c1-14-5-4-6-21(3)12-19-16(11-18(14)21)17(20(25)26-19)13-22-7-9-23(10-8-22)15(2)24/h5,11,16-17,19H,4,6-10,12-13H2,1-3H3. The Kier molecular flexibility index (Phi) is 4.46. The highest BCUT2D eigenvalue weighted by molar-refractivity contribution is 5.76. The molecule has 2 fully saturated rings. The molecule has 26 heavy (non-hydrogen) atoms. The number of esters is 1. The second-order valence-corrected chi connectivity index (χ2v) is 8.74. The van der Waals surface area contributed by atoms with Gasteiger partial charge in [-0.3, -0.25) is 14.5 Å². The number of allylic oxidation sites excluding steroid dienone is 3. The number of hydrogen-bond acceptors (Lipinski definition) is 4. The topological polar surface area (TPSA) is 49.9 Å². The number of carbonyl (C=O) groups is 2. The number of piperazine rings is 1. The molecular weight excluding hydrogens is 328 g/mol. The summed E-state index contributed by atoms with van der Waals surface area (Å²) in [5.74, 6) is 0.226. The summed E-state index contributed by atoms with van der Waals surface area (Å²) in [7, 11) is 0. The van der Waals surface area contributed by atoms with Gasteiger partial charge in [-0.25, -0.2) is 0 Å². The fourth-order valence-corrected chi connectivity index (χ4v) is 5.36. The number of carbonyl (C=O) groups excluding carboxylic acids is 2. The first kappa shape index (κ1) is 17.8. The van der Waals surface area contributed by atoms with E-state index in [4.69, 9.17) is 4.74 Å². The van der Waals surface area contributed by atoms with Crippen LogP contribution in [0.15, 0.2) is 23.3 Å². The van der Waals surface area contributed by atoms with E-state index in [2.05, 4.69) is 30.9 Å². The molecular formula is C21H30N2O3. The molecule has 2 saturated heterocycles. The average molecular weight is 358 g/mol. The van der Waals surface area contributed by atoms with Crippen molar-refractivity contribution in [3.05, 3.63) is 23.3 Å². The number of fused-ring (bicyclic) bond motifs is 2. The van der Waals surface area contributed by atoms with Gasteiger partial charge in [0.05, 0.1) is 5.92 Å². The zero-order valence-electron chi connectivity index (χ0n) is 16.2. The Hall–Kier alpha value is -1.62. The predicted molar refractivity (Wildman–Crippen MR) is 99.4 cm³/mol. The molecule has 0 spiro atoms. The number of nitrogens with zero attached hydrogens (tertiary/aromatic N) is 2. The Labute approximate surface area is 156 Å². The fourth-order valence-electron chi connectivity index (χ4n) is 5.36. The van der Waals surface area contributed by atoms with E-state index in [1.165, 1.54) is 11.1 Å². The van der Waals surface area contributed by atoms with Crippen LogP contribution in [0.25, 0.3) is 0 Å². The molecule has 0 aromatic carbocycles. The van der Waals surface area contributed by atoms with Gasteiger partial charge in [-0.15, -0.1) is 0 Å². The molecule has 2 aliphatic carbocycles. The van der Waals surface area contributed by atoms with Gasteiger partial charge in [0.15, 0.2) is 0 Å². The summed E-state index contributed by atoms with van der Waals surface area (Å²) in [6, 6.07) is 0. The van der Waals surface area contributed by atoms with Gasteiger partial charge in [0.2, 0.25) is 5.91 Å². The van der Waals surface area contributed by atoms with Gasteiger partial charge in [0.25, 0.3) is 0 Å². The first-order chi connectivity index (χ1) is 12.4. The fraction of sp³-hybridized carbons (Fsp3) is 0.714. The van der Waals surface area contributed by atoms with E-state index in [0.29, 0.717) is 0 Å². The third-order valence-corrected chi connectivity index (χ3v) is 6.97. The maximum atomic E-state index is 12.6. The van der Waals surface area contributed by atoms with E-state index in [1.807, 2.05) is 4.90 Å². The van der Waals surface area contributed by atoms with Crippen molar-refractivity contribution < 1.29 is 14.3 Å². The Morgan fingerprint density at radius 2 is 2.04 bits per heavy atom. The molecule has 4 aliphatic rings. The lowest BCUT2D eigenvalue weighted by Crippen LogP contribution is -2.50. The minimum Gasteiger partial charge on any atom is -0.461 e. The monoisotopic (exact) mass is 358 g/mol. The summed E-state index contributed by atoms with van der Waals surface area (Å²) in [6.45, 7) is 10.1. The molecule has 0 radical (unpaired) electrons. The average Bonchev–Trinajstić information content (AvgIpc) is 2.88. The van der Waals surface area contributed by atoms with Gasteiger partial charge in [0, 0.05) is 45.6 Å². The van der Waals surface area contributed by atoms with Crippen LogP contribution in [-0.4, -0.2) is 60.5 Å². The van der Waals surface area contributed by atoms with Gasteiger partial charge in [0.1, 0.15) is 6.10 Å². The van der Waals surface area contributed by atoms with Crippen molar-refractivity contribution in [2.24, 2.45) is 17.3 Å². The molecule has 2 heterocycles. The SMILES string of the molecule is CC(=O)N1CCN(CC2C(=O)OC3CC4(C)CCC=C(C)C4=CC32)CC1. The molecule has 4 rings (SSSR count). The first-order valence-corrected chi connectivity index (χ1v) is 9.95. The van der Waals surface area contributed by atoms with Crippen LogP contribution in [0.3, 0.4) is 0 Å². The minimum absolute atomic E-state index is 0.0327. The van der Waals surface area contributed by atoms with Crippen LogP contribution in [0.5, 0.6) is 0 Å². The lowest BCUT2D eigenvalue weighted by Gasteiger charge is -2.43. The summed E-state index contributed by atoms with van der Waals surface area (Å²) in [6.07, 6.45) is 7.95. The van der Waals surface area contributed by atoms with E-state index in [9.17, 15) is 9.59 Å². The Balaban J connectivity index is 1.50. The molecule has 5 heteroatoms. The van der Waals surface area contributed by atoms with E-state index >= 15 is 0 Å². The smallest absolute Gasteiger partial charge is 0.311 e. The van der Waals surface area contributed by atoms with E-state index in [0.717, 1.165) is 52.0 Å². The van der Waals surface area contributed by atoms with Crippen molar-refractivity contribution in [3.8, 4) is 0 Å². The van der Waals surface area contributed by atoms with Crippen LogP contribution >= 0.6 is 0 Å². The van der Waals surface area contributed by atoms with Crippen LogP contribution in [0.1, 0.15) is 40.0 Å².